The van der Waals surface area contributed by atoms with Crippen molar-refractivity contribution < 1.29 is 24.5 Å². The molecule has 160 valence electrons. The number of hydrogen-bond donors (Lipinski definition) is 1. The minimum absolute atomic E-state index is 0.160. The van der Waals surface area contributed by atoms with Crippen LogP contribution in [0.25, 0.3) is 0 Å². The summed E-state index contributed by atoms with van der Waals surface area (Å²) in [6.07, 6.45) is 6.94. The van der Waals surface area contributed by atoms with Gasteiger partial charge in [-0.15, -0.1) is 0 Å². The predicted octanol–water partition coefficient (Wildman–Crippen LogP) is 5.78. The largest absolute Gasteiger partial charge is 0.421 e. The quantitative estimate of drug-likeness (QED) is 0.177. The van der Waals surface area contributed by atoms with E-state index in [1.54, 1.807) is 30.3 Å². The normalized spacial score (nSPS) is 17.4. The molecule has 30 heavy (non-hydrogen) atoms. The zero-order valence-electron chi connectivity index (χ0n) is 17.8. The molecule has 0 saturated heterocycles. The number of aryl methyl sites for hydroxylation is 1. The molecule has 0 spiro atoms. The molecule has 2 aromatic rings. The molecule has 0 amide bonds. The first kappa shape index (κ1) is 22.2. The molecular weight excluding hydrogens is 380 g/mol. The van der Waals surface area contributed by atoms with E-state index in [1.807, 2.05) is 12.1 Å². The van der Waals surface area contributed by atoms with Crippen LogP contribution in [0.3, 0.4) is 0 Å². The summed E-state index contributed by atoms with van der Waals surface area (Å²) in [7, 11) is 0. The van der Waals surface area contributed by atoms with Crippen molar-refractivity contribution in [2.75, 3.05) is 0 Å². The predicted molar refractivity (Wildman–Crippen MR) is 114 cm³/mol. The van der Waals surface area contributed by atoms with Gasteiger partial charge < -0.3 is 4.74 Å². The van der Waals surface area contributed by atoms with Gasteiger partial charge in [0, 0.05) is 28.7 Å². The van der Waals surface area contributed by atoms with Crippen LogP contribution in [0, 0.1) is 0 Å². The number of unbranched alkanes of at least 4 members (excludes halogenated alkanes) is 4. The van der Waals surface area contributed by atoms with Crippen LogP contribution in [0.5, 0.6) is 0 Å². The van der Waals surface area contributed by atoms with Crippen molar-refractivity contribution in [3.05, 3.63) is 70.3 Å². The van der Waals surface area contributed by atoms with Crippen LogP contribution < -0.4 is 0 Å². The second-order valence-electron chi connectivity index (χ2n) is 7.85. The molecule has 5 nitrogen and oxygen atoms in total. The molecule has 1 aliphatic carbocycles. The Morgan fingerprint density at radius 2 is 1.63 bits per heavy atom. The van der Waals surface area contributed by atoms with E-state index in [1.165, 1.54) is 0 Å². The van der Waals surface area contributed by atoms with Gasteiger partial charge in [0.05, 0.1) is 0 Å². The third-order valence-electron chi connectivity index (χ3n) is 5.65. The van der Waals surface area contributed by atoms with Crippen LogP contribution in [0.4, 0.5) is 0 Å². The second-order valence-corrected chi connectivity index (χ2v) is 7.85. The molecule has 0 saturated carbocycles. The third-order valence-corrected chi connectivity index (χ3v) is 5.65. The van der Waals surface area contributed by atoms with Crippen LogP contribution in [-0.4, -0.2) is 17.0 Å². The van der Waals surface area contributed by atoms with Crippen molar-refractivity contribution in [3.8, 4) is 0 Å². The smallest absolute Gasteiger partial charge is 0.308 e. The summed E-state index contributed by atoms with van der Waals surface area (Å²) in [5.41, 5.74) is 2.50. The fraction of sp³-hybridized carbons (Fsp3) is 0.440. The maximum atomic E-state index is 13.2. The van der Waals surface area contributed by atoms with Crippen molar-refractivity contribution in [2.45, 2.75) is 71.0 Å². The number of carbonyl (C=O) groups excluding carboxylic acids is 2. The number of benzene rings is 2. The van der Waals surface area contributed by atoms with Gasteiger partial charge in [-0.25, -0.2) is 5.26 Å². The van der Waals surface area contributed by atoms with E-state index in [0.717, 1.165) is 44.1 Å². The van der Waals surface area contributed by atoms with E-state index in [2.05, 4.69) is 13.8 Å². The number of hydrogen-bond acceptors (Lipinski definition) is 5. The lowest BCUT2D eigenvalue weighted by Gasteiger charge is -2.36. The van der Waals surface area contributed by atoms with E-state index < -0.39 is 11.8 Å². The van der Waals surface area contributed by atoms with Gasteiger partial charge in [-0.3, -0.25) is 9.59 Å². The summed E-state index contributed by atoms with van der Waals surface area (Å²) in [6, 6.07) is 12.3. The van der Waals surface area contributed by atoms with Gasteiger partial charge in [-0.1, -0.05) is 75.9 Å². The van der Waals surface area contributed by atoms with Gasteiger partial charge in [0.25, 0.3) is 5.79 Å². The van der Waals surface area contributed by atoms with Crippen LogP contribution in [-0.2, 0) is 26.6 Å². The molecule has 3 rings (SSSR count). The molecule has 0 heterocycles. The first-order valence-corrected chi connectivity index (χ1v) is 10.9. The first-order valence-electron chi connectivity index (χ1n) is 10.9. The summed E-state index contributed by atoms with van der Waals surface area (Å²) in [4.78, 5) is 30.7. The summed E-state index contributed by atoms with van der Waals surface area (Å²) >= 11 is 0. The summed E-state index contributed by atoms with van der Waals surface area (Å²) < 4.78 is 5.75. The van der Waals surface area contributed by atoms with E-state index in [9.17, 15) is 14.8 Å². The summed E-state index contributed by atoms with van der Waals surface area (Å²) in [6.45, 7) is 4.20. The van der Waals surface area contributed by atoms with E-state index >= 15 is 0 Å². The maximum absolute atomic E-state index is 13.2. The average Bonchev–Trinajstić information content (AvgIpc) is 2.77. The third kappa shape index (κ3) is 4.32. The van der Waals surface area contributed by atoms with Crippen molar-refractivity contribution in [3.63, 3.8) is 0 Å². The lowest BCUT2D eigenvalue weighted by atomic mass is 9.79. The molecule has 0 aromatic heterocycles. The molecule has 1 aliphatic rings. The SMILES string of the molecule is CCCCCC(=O)OC1(OO)c2ccccc2C(=O)c2cc(CCCCC)ccc21. The topological polar surface area (TPSA) is 72.8 Å². The molecule has 2 aromatic carbocycles. The van der Waals surface area contributed by atoms with Crippen molar-refractivity contribution in [1.82, 2.24) is 0 Å². The summed E-state index contributed by atoms with van der Waals surface area (Å²) in [5.74, 6) is -2.47. The van der Waals surface area contributed by atoms with Crippen LogP contribution in [0.15, 0.2) is 42.5 Å². The Hall–Kier alpha value is -2.50. The molecule has 1 atom stereocenters. The van der Waals surface area contributed by atoms with Crippen molar-refractivity contribution in [2.24, 2.45) is 0 Å². The molecule has 0 aliphatic heterocycles. The Bertz CT molecular complexity index is 904. The molecular formula is C25H30O5. The number of rotatable bonds is 10. The fourth-order valence-corrected chi connectivity index (χ4v) is 4.02. The fourth-order valence-electron chi connectivity index (χ4n) is 4.02. The highest BCUT2D eigenvalue weighted by atomic mass is 17.1. The molecule has 0 radical (unpaired) electrons. The maximum Gasteiger partial charge on any atom is 0.308 e. The lowest BCUT2D eigenvalue weighted by Crippen LogP contribution is -2.41. The van der Waals surface area contributed by atoms with Crippen LogP contribution >= 0.6 is 0 Å². The molecule has 0 bridgehead atoms. The number of carbonyl (C=O) groups is 2. The van der Waals surface area contributed by atoms with Gasteiger partial charge in [0.15, 0.2) is 5.78 Å². The number of esters is 1. The monoisotopic (exact) mass is 410 g/mol. The van der Waals surface area contributed by atoms with Gasteiger partial charge in [-0.05, 0) is 30.9 Å². The van der Waals surface area contributed by atoms with Crippen LogP contribution in [0.2, 0.25) is 0 Å². The zero-order valence-corrected chi connectivity index (χ0v) is 17.8. The summed E-state index contributed by atoms with van der Waals surface area (Å²) in [5, 5.41) is 10.00. The molecule has 1 N–H and O–H groups in total. The number of fused-ring (bicyclic) bond motifs is 2. The zero-order chi connectivity index (χ0) is 21.6. The van der Waals surface area contributed by atoms with Gasteiger partial charge in [0.2, 0.25) is 0 Å². The van der Waals surface area contributed by atoms with Gasteiger partial charge in [-0.2, -0.15) is 4.89 Å². The van der Waals surface area contributed by atoms with Gasteiger partial charge >= 0.3 is 5.97 Å². The Kier molecular flexibility index (Phi) is 7.40. The van der Waals surface area contributed by atoms with Crippen LogP contribution in [0.1, 0.15) is 91.4 Å². The highest BCUT2D eigenvalue weighted by Gasteiger charge is 2.49. The molecule has 5 heteroatoms. The molecule has 0 fully saturated rings. The Balaban J connectivity index is 2.03. The Labute approximate surface area is 178 Å². The highest BCUT2D eigenvalue weighted by Crippen LogP contribution is 2.43. The Morgan fingerprint density at radius 1 is 0.933 bits per heavy atom. The van der Waals surface area contributed by atoms with E-state index in [4.69, 9.17) is 9.62 Å². The highest BCUT2D eigenvalue weighted by molar-refractivity contribution is 6.13. The van der Waals surface area contributed by atoms with Crippen molar-refractivity contribution in [1.29, 1.82) is 0 Å². The number of ether oxygens (including phenoxy) is 1. The van der Waals surface area contributed by atoms with Crippen molar-refractivity contribution >= 4 is 11.8 Å². The first-order chi connectivity index (χ1) is 14.6. The molecule has 1 unspecified atom stereocenters. The number of ketones is 1. The second kappa shape index (κ2) is 10.0. The standard InChI is InChI=1S/C25H30O5/c1-3-5-7-11-18-15-16-22-20(17-18)24(27)19-12-9-10-13-21(19)25(22,30-28)29-23(26)14-8-6-4-2/h9-10,12-13,15-17,28H,3-8,11,14H2,1-2H3. The van der Waals surface area contributed by atoms with E-state index in [-0.39, 0.29) is 12.2 Å². The Morgan fingerprint density at radius 3 is 2.37 bits per heavy atom. The van der Waals surface area contributed by atoms with E-state index in [0.29, 0.717) is 28.7 Å². The lowest BCUT2D eigenvalue weighted by molar-refractivity contribution is -0.384. The minimum atomic E-state index is -1.84. The minimum Gasteiger partial charge on any atom is -0.421 e. The van der Waals surface area contributed by atoms with Gasteiger partial charge in [0.1, 0.15) is 0 Å². The average molecular weight is 411 g/mol.